The van der Waals surface area contributed by atoms with Gasteiger partial charge in [0.05, 0.1) is 16.2 Å². The van der Waals surface area contributed by atoms with Crippen molar-refractivity contribution >= 4 is 10.1 Å². The van der Waals surface area contributed by atoms with E-state index >= 15 is 0 Å². The second-order valence-electron chi connectivity index (χ2n) is 8.52. The quantitative estimate of drug-likeness (QED) is 0.167. The van der Waals surface area contributed by atoms with E-state index in [1.54, 1.807) is 0 Å². The van der Waals surface area contributed by atoms with Gasteiger partial charge in [0.2, 0.25) is 0 Å². The molecule has 4 nitrogen and oxygen atoms in total. The van der Waals surface area contributed by atoms with Crippen LogP contribution >= 0.6 is 0 Å². The zero-order valence-electron chi connectivity index (χ0n) is 19.7. The summed E-state index contributed by atoms with van der Waals surface area (Å²) in [5, 5.41) is 9.35. The molecule has 2 atom stereocenters. The number of unbranched alkanes of at least 4 members (excludes halogenated alkanes) is 12. The molecule has 0 aromatic rings. The molecule has 0 saturated heterocycles. The summed E-state index contributed by atoms with van der Waals surface area (Å²) in [5.41, 5.74) is 0. The largest absolute Gasteiger partial charge is 1.00 e. The summed E-state index contributed by atoms with van der Waals surface area (Å²) in [6.45, 7) is 4.25. The average molecular weight is 443 g/mol. The fourth-order valence-electron chi connectivity index (χ4n) is 3.81. The normalized spacial score (nSPS) is 13.8. The molecular weight excluding hydrogens is 395 g/mol. The van der Waals surface area contributed by atoms with Gasteiger partial charge in [-0.3, -0.25) is 0 Å². The van der Waals surface area contributed by atoms with E-state index in [9.17, 15) is 18.1 Å². The van der Waals surface area contributed by atoms with E-state index in [0.717, 1.165) is 64.2 Å². The molecule has 0 fully saturated rings. The molecule has 0 amide bonds. The molecule has 0 bridgehead atoms. The average Bonchev–Trinajstić information content (AvgIpc) is 2.64. The van der Waals surface area contributed by atoms with Crippen molar-refractivity contribution in [3.05, 3.63) is 0 Å². The Labute approximate surface area is 204 Å². The molecule has 0 aliphatic carbocycles. The van der Waals surface area contributed by atoms with Crippen molar-refractivity contribution in [3.63, 3.8) is 0 Å². The van der Waals surface area contributed by atoms with Crippen molar-refractivity contribution in [2.75, 3.05) is 0 Å². The van der Waals surface area contributed by atoms with Gasteiger partial charge in [-0.2, -0.15) is 0 Å². The minimum Gasteiger partial charge on any atom is -0.748 e. The van der Waals surface area contributed by atoms with E-state index in [1.807, 2.05) is 6.92 Å². The van der Waals surface area contributed by atoms with E-state index in [-0.39, 0.29) is 35.7 Å². The number of rotatable bonds is 21. The van der Waals surface area contributed by atoms with Gasteiger partial charge in [-0.25, -0.2) is 8.42 Å². The first-order valence-electron chi connectivity index (χ1n) is 12.0. The molecule has 0 spiro atoms. The van der Waals surface area contributed by atoms with Crippen LogP contribution in [-0.2, 0) is 10.1 Å². The summed E-state index contributed by atoms with van der Waals surface area (Å²) in [5.74, 6) is 0. The first kappa shape index (κ1) is 32.1. The van der Waals surface area contributed by atoms with E-state index in [0.29, 0.717) is 12.8 Å². The summed E-state index contributed by atoms with van der Waals surface area (Å²) in [6, 6.07) is 0. The van der Waals surface area contributed by atoms with Crippen molar-refractivity contribution in [2.24, 2.45) is 0 Å². The van der Waals surface area contributed by atoms with Crippen molar-refractivity contribution in [1.29, 1.82) is 0 Å². The Balaban J connectivity index is 0. The van der Waals surface area contributed by atoms with Crippen LogP contribution < -0.4 is 29.6 Å². The van der Waals surface area contributed by atoms with Crippen molar-refractivity contribution in [1.82, 2.24) is 0 Å². The number of hydrogen-bond acceptors (Lipinski definition) is 4. The minimum atomic E-state index is -4.14. The monoisotopic (exact) mass is 442 g/mol. The smallest absolute Gasteiger partial charge is 0.748 e. The topological polar surface area (TPSA) is 77.4 Å². The molecule has 0 aromatic carbocycles. The van der Waals surface area contributed by atoms with Gasteiger partial charge < -0.3 is 9.66 Å². The maximum Gasteiger partial charge on any atom is 1.00 e. The van der Waals surface area contributed by atoms with Crippen LogP contribution in [0.2, 0.25) is 0 Å². The van der Waals surface area contributed by atoms with Crippen molar-refractivity contribution in [2.45, 2.75) is 147 Å². The molecule has 0 aromatic heterocycles. The van der Waals surface area contributed by atoms with Crippen LogP contribution in [0.1, 0.15) is 136 Å². The fraction of sp³-hybridized carbons (Fsp3) is 1.00. The molecule has 2 unspecified atom stereocenters. The summed E-state index contributed by atoms with van der Waals surface area (Å²) in [4.78, 5) is 0. The Bertz CT molecular complexity index is 429. The van der Waals surface area contributed by atoms with Crippen LogP contribution in [0, 0.1) is 0 Å². The molecule has 0 aliphatic rings. The molecular formula is C23H47NaO4S. The Hall–Kier alpha value is 0.870. The first-order valence-corrected chi connectivity index (χ1v) is 13.5. The Morgan fingerprint density at radius 2 is 0.966 bits per heavy atom. The Morgan fingerprint density at radius 3 is 1.38 bits per heavy atom. The van der Waals surface area contributed by atoms with Crippen molar-refractivity contribution < 1.29 is 47.6 Å². The Kier molecular flexibility index (Phi) is 24.4. The van der Waals surface area contributed by atoms with E-state index in [4.69, 9.17) is 0 Å². The van der Waals surface area contributed by atoms with Gasteiger partial charge in [0.15, 0.2) is 0 Å². The van der Waals surface area contributed by atoms with Crippen molar-refractivity contribution in [3.8, 4) is 0 Å². The summed E-state index contributed by atoms with van der Waals surface area (Å²) in [6.07, 6.45) is 19.8. The van der Waals surface area contributed by atoms with Crippen LogP contribution in [-0.4, -0.2) is 29.4 Å². The summed E-state index contributed by atoms with van der Waals surface area (Å²) >= 11 is 0. The molecule has 1 N–H and O–H groups in total. The molecule has 0 saturated carbocycles. The number of aliphatic hydroxyl groups is 1. The minimum absolute atomic E-state index is 0. The molecule has 0 heterocycles. The zero-order chi connectivity index (χ0) is 21.1. The molecule has 170 valence electrons. The standard InChI is InChI=1S/C23H48O4S.Na/c1-3-5-7-8-12-15-18-22(24)19-16-13-10-9-11-14-17-21-23(20-6-4-2)28(25,26)27;/h22-24H,3-21H2,1-2H3,(H,25,26,27);/q;+1/p-1. The second kappa shape index (κ2) is 22.1. The van der Waals surface area contributed by atoms with Gasteiger partial charge >= 0.3 is 29.6 Å². The molecule has 0 rings (SSSR count). The van der Waals surface area contributed by atoms with Gasteiger partial charge in [-0.15, -0.1) is 0 Å². The van der Waals surface area contributed by atoms with Gasteiger partial charge in [-0.1, -0.05) is 110 Å². The van der Waals surface area contributed by atoms with E-state index in [1.165, 1.54) is 44.9 Å². The van der Waals surface area contributed by atoms with Crippen LogP contribution in [0.4, 0.5) is 0 Å². The molecule has 6 heteroatoms. The van der Waals surface area contributed by atoms with E-state index in [2.05, 4.69) is 6.92 Å². The first-order chi connectivity index (χ1) is 13.4. The number of aliphatic hydroxyl groups excluding tert-OH is 1. The number of hydrogen-bond donors (Lipinski definition) is 1. The molecule has 29 heavy (non-hydrogen) atoms. The predicted molar refractivity (Wildman–Crippen MR) is 119 cm³/mol. The zero-order valence-corrected chi connectivity index (χ0v) is 22.5. The third-order valence-electron chi connectivity index (χ3n) is 5.74. The fourth-order valence-corrected chi connectivity index (χ4v) is 4.72. The Morgan fingerprint density at radius 1 is 0.621 bits per heavy atom. The maximum atomic E-state index is 11.3. The van der Waals surface area contributed by atoms with Gasteiger partial charge in [0.1, 0.15) is 0 Å². The van der Waals surface area contributed by atoms with Crippen LogP contribution in [0.25, 0.3) is 0 Å². The second-order valence-corrected chi connectivity index (χ2v) is 10.2. The van der Waals surface area contributed by atoms with Crippen LogP contribution in [0.5, 0.6) is 0 Å². The van der Waals surface area contributed by atoms with Crippen LogP contribution in [0.3, 0.4) is 0 Å². The third kappa shape index (κ3) is 21.9. The van der Waals surface area contributed by atoms with Crippen LogP contribution in [0.15, 0.2) is 0 Å². The summed E-state index contributed by atoms with van der Waals surface area (Å²) < 4.78 is 33.8. The predicted octanol–water partition coefficient (Wildman–Crippen LogP) is 3.72. The molecule has 0 aliphatic heterocycles. The molecule has 0 radical (unpaired) electrons. The van der Waals surface area contributed by atoms with Gasteiger partial charge in [0, 0.05) is 5.25 Å². The SMILES string of the molecule is CCCCCCCCC(O)CCCCCCCCCC(CCCC)S(=O)(=O)[O-].[Na+]. The van der Waals surface area contributed by atoms with Gasteiger partial charge in [-0.05, 0) is 25.7 Å². The van der Waals surface area contributed by atoms with E-state index < -0.39 is 15.4 Å². The van der Waals surface area contributed by atoms with Gasteiger partial charge in [0.25, 0.3) is 0 Å². The summed E-state index contributed by atoms with van der Waals surface area (Å²) in [7, 11) is -4.14. The maximum absolute atomic E-state index is 11.3. The third-order valence-corrected chi connectivity index (χ3v) is 7.03.